The molecule has 0 bridgehead atoms. The van der Waals surface area contributed by atoms with Gasteiger partial charge in [0.25, 0.3) is 0 Å². The van der Waals surface area contributed by atoms with Crippen LogP contribution in [0.15, 0.2) is 0 Å². The van der Waals surface area contributed by atoms with Crippen molar-refractivity contribution in [3.8, 4) is 0 Å². The van der Waals surface area contributed by atoms with Crippen molar-refractivity contribution in [3.63, 3.8) is 0 Å². The molecule has 1 fully saturated rings. The van der Waals surface area contributed by atoms with Crippen LogP contribution >= 0.6 is 0 Å². The summed E-state index contributed by atoms with van der Waals surface area (Å²) in [4.78, 5) is 13.9. The summed E-state index contributed by atoms with van der Waals surface area (Å²) in [5.74, 6) is 0.519. The summed E-state index contributed by atoms with van der Waals surface area (Å²) in [5, 5.41) is 0. The predicted molar refractivity (Wildman–Crippen MR) is 61.0 cm³/mol. The van der Waals surface area contributed by atoms with Gasteiger partial charge in [0.2, 0.25) is 0 Å². The van der Waals surface area contributed by atoms with E-state index < -0.39 is 0 Å². The first-order chi connectivity index (χ1) is 7.24. The minimum absolute atomic E-state index is 0.165. The van der Waals surface area contributed by atoms with Crippen LogP contribution in [0.1, 0.15) is 32.6 Å². The molecule has 0 aliphatic carbocycles. The van der Waals surface area contributed by atoms with Crippen molar-refractivity contribution >= 4 is 5.78 Å². The number of rotatable bonds is 7. The zero-order valence-corrected chi connectivity index (χ0v) is 10.00. The maximum Gasteiger partial charge on any atom is 0.152 e. The molecule has 1 rings (SSSR count). The van der Waals surface area contributed by atoms with Crippen molar-refractivity contribution in [1.29, 1.82) is 0 Å². The number of Topliss-reactive ketones (excluding diaryl/α,β-unsaturated/α-hetero) is 1. The Labute approximate surface area is 92.8 Å². The highest BCUT2D eigenvalue weighted by atomic mass is 16.5. The number of likely N-dealkylation sites (N-methyl/N-ethyl adjacent to an activating group) is 1. The van der Waals surface area contributed by atoms with E-state index in [9.17, 15) is 4.79 Å². The molecule has 1 unspecified atom stereocenters. The third kappa shape index (κ3) is 4.76. The van der Waals surface area contributed by atoms with Crippen LogP contribution in [-0.2, 0) is 9.53 Å². The van der Waals surface area contributed by atoms with Gasteiger partial charge in [0.15, 0.2) is 5.78 Å². The summed E-state index contributed by atoms with van der Waals surface area (Å²) in [5.41, 5.74) is 0. The highest BCUT2D eigenvalue weighted by Crippen LogP contribution is 2.13. The topological polar surface area (TPSA) is 29.5 Å². The Morgan fingerprint density at radius 3 is 2.87 bits per heavy atom. The van der Waals surface area contributed by atoms with Gasteiger partial charge in [-0.2, -0.15) is 0 Å². The van der Waals surface area contributed by atoms with E-state index in [-0.39, 0.29) is 5.92 Å². The lowest BCUT2D eigenvalue weighted by atomic mass is 10.0. The molecule has 0 aromatic heterocycles. The lowest BCUT2D eigenvalue weighted by molar-refractivity contribution is -0.123. The van der Waals surface area contributed by atoms with Crippen LogP contribution in [0.2, 0.25) is 0 Å². The average molecular weight is 213 g/mol. The van der Waals surface area contributed by atoms with E-state index in [0.29, 0.717) is 18.9 Å². The Kier molecular flexibility index (Phi) is 5.88. The molecule has 1 heterocycles. The monoisotopic (exact) mass is 213 g/mol. The van der Waals surface area contributed by atoms with Gasteiger partial charge in [-0.25, -0.2) is 0 Å². The smallest absolute Gasteiger partial charge is 0.152 e. The van der Waals surface area contributed by atoms with Crippen molar-refractivity contribution in [2.45, 2.75) is 32.6 Å². The maximum absolute atomic E-state index is 11.8. The Bertz CT molecular complexity index is 188. The molecule has 0 radical (unpaired) electrons. The summed E-state index contributed by atoms with van der Waals surface area (Å²) < 4.78 is 5.22. The molecule has 15 heavy (non-hydrogen) atoms. The van der Waals surface area contributed by atoms with Crippen LogP contribution in [0.3, 0.4) is 0 Å². The number of nitrogens with zero attached hydrogens (tertiary/aromatic N) is 1. The number of ether oxygens (including phenoxy) is 1. The first kappa shape index (κ1) is 12.7. The third-order valence-electron chi connectivity index (χ3n) is 2.95. The van der Waals surface area contributed by atoms with Gasteiger partial charge in [0.1, 0.15) is 0 Å². The van der Waals surface area contributed by atoms with E-state index in [1.54, 1.807) is 0 Å². The predicted octanol–water partition coefficient (Wildman–Crippen LogP) is 1.71. The zero-order chi connectivity index (χ0) is 11.1. The Morgan fingerprint density at radius 1 is 1.47 bits per heavy atom. The molecule has 0 saturated carbocycles. The average Bonchev–Trinajstić information content (AvgIpc) is 2.70. The van der Waals surface area contributed by atoms with Crippen molar-refractivity contribution in [2.24, 2.45) is 5.92 Å². The fourth-order valence-electron chi connectivity index (χ4n) is 1.89. The minimum atomic E-state index is 0.165. The molecule has 0 spiro atoms. The highest BCUT2D eigenvalue weighted by Gasteiger charge is 2.23. The SMILES string of the molecule is CCCCCN(C)CC(=O)C1CCOC1. The molecule has 3 nitrogen and oxygen atoms in total. The standard InChI is InChI=1S/C12H23NO2/c1-3-4-5-7-13(2)9-12(14)11-6-8-15-10-11/h11H,3-10H2,1-2H3. The van der Waals surface area contributed by atoms with Gasteiger partial charge in [0, 0.05) is 12.5 Å². The molecule has 0 aromatic rings. The molecule has 0 aromatic carbocycles. The van der Waals surface area contributed by atoms with Gasteiger partial charge in [-0.15, -0.1) is 0 Å². The van der Waals surface area contributed by atoms with Crippen LogP contribution in [0.4, 0.5) is 0 Å². The summed E-state index contributed by atoms with van der Waals surface area (Å²) in [6, 6.07) is 0. The van der Waals surface area contributed by atoms with Gasteiger partial charge < -0.3 is 4.74 Å². The highest BCUT2D eigenvalue weighted by molar-refractivity contribution is 5.83. The van der Waals surface area contributed by atoms with E-state index in [2.05, 4.69) is 11.8 Å². The van der Waals surface area contributed by atoms with E-state index in [0.717, 1.165) is 19.6 Å². The van der Waals surface area contributed by atoms with Crippen molar-refractivity contribution in [2.75, 3.05) is 33.4 Å². The molecule has 1 aliphatic heterocycles. The van der Waals surface area contributed by atoms with Gasteiger partial charge >= 0.3 is 0 Å². The number of hydrogen-bond acceptors (Lipinski definition) is 3. The number of carbonyl (C=O) groups excluding carboxylic acids is 1. The van der Waals surface area contributed by atoms with Crippen LogP contribution in [0.5, 0.6) is 0 Å². The summed E-state index contributed by atoms with van der Waals surface area (Å²) in [6.45, 7) is 5.23. The first-order valence-corrected chi connectivity index (χ1v) is 6.03. The summed E-state index contributed by atoms with van der Waals surface area (Å²) >= 11 is 0. The molecule has 1 aliphatic rings. The third-order valence-corrected chi connectivity index (χ3v) is 2.95. The second-order valence-electron chi connectivity index (χ2n) is 4.47. The van der Waals surface area contributed by atoms with E-state index in [1.807, 2.05) is 7.05 Å². The Morgan fingerprint density at radius 2 is 2.27 bits per heavy atom. The molecule has 0 amide bonds. The minimum Gasteiger partial charge on any atom is -0.381 e. The largest absolute Gasteiger partial charge is 0.381 e. The fourth-order valence-corrected chi connectivity index (χ4v) is 1.89. The lowest BCUT2D eigenvalue weighted by Gasteiger charge is -2.17. The van der Waals surface area contributed by atoms with Crippen molar-refractivity contribution < 1.29 is 9.53 Å². The van der Waals surface area contributed by atoms with Gasteiger partial charge in [-0.1, -0.05) is 19.8 Å². The van der Waals surface area contributed by atoms with Gasteiger partial charge in [-0.05, 0) is 26.4 Å². The lowest BCUT2D eigenvalue weighted by Crippen LogP contribution is -2.31. The molecular weight excluding hydrogens is 190 g/mol. The summed E-state index contributed by atoms with van der Waals surface area (Å²) in [7, 11) is 2.03. The van der Waals surface area contributed by atoms with E-state index in [4.69, 9.17) is 4.74 Å². The zero-order valence-electron chi connectivity index (χ0n) is 10.00. The fraction of sp³-hybridized carbons (Fsp3) is 0.917. The van der Waals surface area contributed by atoms with Crippen LogP contribution in [0, 0.1) is 5.92 Å². The molecule has 0 N–H and O–H groups in total. The number of ketones is 1. The molecule has 3 heteroatoms. The second kappa shape index (κ2) is 6.96. The van der Waals surface area contributed by atoms with Crippen LogP contribution in [0.25, 0.3) is 0 Å². The van der Waals surface area contributed by atoms with Crippen molar-refractivity contribution in [3.05, 3.63) is 0 Å². The van der Waals surface area contributed by atoms with Gasteiger partial charge in [-0.3, -0.25) is 9.69 Å². The number of hydrogen-bond donors (Lipinski definition) is 0. The molecular formula is C12H23NO2. The van der Waals surface area contributed by atoms with Crippen LogP contribution in [-0.4, -0.2) is 44.0 Å². The second-order valence-corrected chi connectivity index (χ2v) is 4.47. The number of unbranched alkanes of at least 4 members (excludes halogenated alkanes) is 2. The van der Waals surface area contributed by atoms with Gasteiger partial charge in [0.05, 0.1) is 13.2 Å². The molecule has 1 atom stereocenters. The summed E-state index contributed by atoms with van der Waals surface area (Å²) in [6.07, 6.45) is 4.60. The quantitative estimate of drug-likeness (QED) is 0.603. The normalized spacial score (nSPS) is 21.1. The van der Waals surface area contributed by atoms with Crippen LogP contribution < -0.4 is 0 Å². The Hall–Kier alpha value is -0.410. The van der Waals surface area contributed by atoms with Crippen molar-refractivity contribution in [1.82, 2.24) is 4.90 Å². The Balaban J connectivity index is 2.13. The number of carbonyl (C=O) groups is 1. The maximum atomic E-state index is 11.8. The molecule has 88 valence electrons. The first-order valence-electron chi connectivity index (χ1n) is 6.03. The molecule has 1 saturated heterocycles. The van der Waals surface area contributed by atoms with E-state index in [1.165, 1.54) is 19.3 Å². The van der Waals surface area contributed by atoms with E-state index >= 15 is 0 Å².